The Kier molecular flexibility index (Phi) is 5.53. The van der Waals surface area contributed by atoms with Crippen LogP contribution in [-0.4, -0.2) is 43.0 Å². The number of morpholine rings is 1. The molecular formula is C22H28N2O4S. The Bertz CT molecular complexity index is 889. The maximum absolute atomic E-state index is 13.4. The molecule has 0 radical (unpaired) electrons. The molecule has 1 N–H and O–H groups in total. The molecular weight excluding hydrogens is 388 g/mol. The molecule has 0 spiro atoms. The number of furan rings is 1. The maximum atomic E-state index is 13.4. The van der Waals surface area contributed by atoms with Crippen molar-refractivity contribution in [3.05, 3.63) is 40.2 Å². The molecule has 156 valence electrons. The van der Waals surface area contributed by atoms with Gasteiger partial charge < -0.3 is 19.4 Å². The van der Waals surface area contributed by atoms with Gasteiger partial charge in [-0.3, -0.25) is 9.59 Å². The van der Waals surface area contributed by atoms with E-state index in [2.05, 4.69) is 26.1 Å². The van der Waals surface area contributed by atoms with Gasteiger partial charge in [-0.05, 0) is 48.3 Å². The standard InChI is InChI=1S/C22H28N2O4S/c1-22(2,3)14-6-7-15-17(13-14)29-20(23-19(25)16-5-4-10-28-16)18(15)21(26)24-8-11-27-12-9-24/h4-5,10,14H,6-9,11-13H2,1-3H3,(H,23,25). The van der Waals surface area contributed by atoms with E-state index >= 15 is 0 Å². The van der Waals surface area contributed by atoms with E-state index in [-0.39, 0.29) is 23.0 Å². The van der Waals surface area contributed by atoms with Gasteiger partial charge in [0, 0.05) is 18.0 Å². The molecule has 1 atom stereocenters. The van der Waals surface area contributed by atoms with Crippen molar-refractivity contribution in [3.8, 4) is 0 Å². The molecule has 2 aromatic rings. The number of carbonyl (C=O) groups excluding carboxylic acids is 2. The van der Waals surface area contributed by atoms with Crippen LogP contribution in [0.4, 0.5) is 5.00 Å². The third kappa shape index (κ3) is 4.12. The Morgan fingerprint density at radius 2 is 2.00 bits per heavy atom. The van der Waals surface area contributed by atoms with Crippen molar-refractivity contribution < 1.29 is 18.7 Å². The molecule has 2 aliphatic rings. The molecule has 0 saturated carbocycles. The Balaban J connectivity index is 1.68. The van der Waals surface area contributed by atoms with Crippen molar-refractivity contribution in [2.45, 2.75) is 40.0 Å². The number of fused-ring (bicyclic) bond motifs is 1. The minimum absolute atomic E-state index is 0.00486. The molecule has 4 rings (SSSR count). The Morgan fingerprint density at radius 1 is 1.24 bits per heavy atom. The summed E-state index contributed by atoms with van der Waals surface area (Å²) in [5, 5.41) is 3.59. The van der Waals surface area contributed by atoms with Gasteiger partial charge in [-0.2, -0.15) is 0 Å². The van der Waals surface area contributed by atoms with Gasteiger partial charge in [-0.15, -0.1) is 11.3 Å². The van der Waals surface area contributed by atoms with Crippen LogP contribution >= 0.6 is 11.3 Å². The molecule has 7 heteroatoms. The van der Waals surface area contributed by atoms with Crippen molar-refractivity contribution in [2.24, 2.45) is 11.3 Å². The summed E-state index contributed by atoms with van der Waals surface area (Å²) in [5.74, 6) is 0.481. The molecule has 0 aromatic carbocycles. The first-order valence-corrected chi connectivity index (χ1v) is 11.0. The third-order valence-corrected chi connectivity index (χ3v) is 7.14. The number of hydrogen-bond donors (Lipinski definition) is 1. The summed E-state index contributed by atoms with van der Waals surface area (Å²) in [4.78, 5) is 29.1. The number of hydrogen-bond acceptors (Lipinski definition) is 5. The predicted molar refractivity (Wildman–Crippen MR) is 113 cm³/mol. The number of amides is 2. The molecule has 0 bridgehead atoms. The molecule has 1 fully saturated rings. The lowest BCUT2D eigenvalue weighted by molar-refractivity contribution is 0.0303. The summed E-state index contributed by atoms with van der Waals surface area (Å²) in [7, 11) is 0. The van der Waals surface area contributed by atoms with E-state index in [0.717, 1.165) is 24.8 Å². The largest absolute Gasteiger partial charge is 0.459 e. The zero-order valence-corrected chi connectivity index (χ0v) is 18.1. The normalized spacial score (nSPS) is 19.7. The topological polar surface area (TPSA) is 71.8 Å². The van der Waals surface area contributed by atoms with Gasteiger partial charge in [-0.1, -0.05) is 20.8 Å². The van der Waals surface area contributed by atoms with Crippen LogP contribution in [0.3, 0.4) is 0 Å². The summed E-state index contributed by atoms with van der Waals surface area (Å²) in [6.45, 7) is 9.09. The molecule has 1 aliphatic carbocycles. The van der Waals surface area contributed by atoms with Crippen LogP contribution in [0, 0.1) is 11.3 Å². The fraction of sp³-hybridized carbons (Fsp3) is 0.545. The second-order valence-electron chi connectivity index (χ2n) is 8.85. The first kappa shape index (κ1) is 20.2. The fourth-order valence-corrected chi connectivity index (χ4v) is 5.45. The highest BCUT2D eigenvalue weighted by Gasteiger charge is 2.35. The molecule has 3 heterocycles. The summed E-state index contributed by atoms with van der Waals surface area (Å²) >= 11 is 1.55. The minimum atomic E-state index is -0.322. The van der Waals surface area contributed by atoms with Crippen LogP contribution in [0.1, 0.15) is 58.5 Å². The molecule has 1 saturated heterocycles. The Labute approximate surface area is 175 Å². The van der Waals surface area contributed by atoms with E-state index in [1.165, 1.54) is 11.1 Å². The highest BCUT2D eigenvalue weighted by atomic mass is 32.1. The number of carbonyl (C=O) groups is 2. The Hall–Kier alpha value is -2.12. The lowest BCUT2D eigenvalue weighted by Gasteiger charge is -2.34. The first-order chi connectivity index (χ1) is 13.8. The van der Waals surface area contributed by atoms with Gasteiger partial charge in [0.2, 0.25) is 0 Å². The van der Waals surface area contributed by atoms with E-state index in [0.29, 0.717) is 42.8 Å². The lowest BCUT2D eigenvalue weighted by atomic mass is 9.72. The summed E-state index contributed by atoms with van der Waals surface area (Å²) in [5.41, 5.74) is 1.99. The van der Waals surface area contributed by atoms with Gasteiger partial charge in [0.05, 0.1) is 25.0 Å². The van der Waals surface area contributed by atoms with Crippen molar-refractivity contribution in [1.82, 2.24) is 4.90 Å². The second kappa shape index (κ2) is 7.95. The second-order valence-corrected chi connectivity index (χ2v) is 9.95. The smallest absolute Gasteiger partial charge is 0.291 e. The van der Waals surface area contributed by atoms with Gasteiger partial charge in [-0.25, -0.2) is 0 Å². The highest BCUT2D eigenvalue weighted by molar-refractivity contribution is 7.17. The van der Waals surface area contributed by atoms with Gasteiger partial charge in [0.25, 0.3) is 11.8 Å². The van der Waals surface area contributed by atoms with E-state index < -0.39 is 0 Å². The monoisotopic (exact) mass is 416 g/mol. The van der Waals surface area contributed by atoms with Gasteiger partial charge in [0.1, 0.15) is 5.00 Å². The number of anilines is 1. The molecule has 2 amide bonds. The minimum Gasteiger partial charge on any atom is -0.459 e. The van der Waals surface area contributed by atoms with E-state index in [4.69, 9.17) is 9.15 Å². The first-order valence-electron chi connectivity index (χ1n) is 10.2. The zero-order chi connectivity index (χ0) is 20.6. The molecule has 6 nitrogen and oxygen atoms in total. The fourth-order valence-electron chi connectivity index (χ4n) is 4.14. The van der Waals surface area contributed by atoms with Crippen LogP contribution in [0.25, 0.3) is 0 Å². The number of nitrogens with zero attached hydrogens (tertiary/aromatic N) is 1. The van der Waals surface area contributed by atoms with Crippen LogP contribution in [0.2, 0.25) is 0 Å². The summed E-state index contributed by atoms with van der Waals surface area (Å²) < 4.78 is 10.6. The van der Waals surface area contributed by atoms with Crippen LogP contribution < -0.4 is 5.32 Å². The lowest BCUT2D eigenvalue weighted by Crippen LogP contribution is -2.41. The average Bonchev–Trinajstić information content (AvgIpc) is 3.34. The van der Waals surface area contributed by atoms with Crippen molar-refractivity contribution in [3.63, 3.8) is 0 Å². The van der Waals surface area contributed by atoms with Gasteiger partial charge >= 0.3 is 0 Å². The number of nitrogens with one attached hydrogen (secondary N) is 1. The SMILES string of the molecule is CC(C)(C)C1CCc2c(sc(NC(=O)c3ccco3)c2C(=O)N2CCOCC2)C1. The van der Waals surface area contributed by atoms with Crippen molar-refractivity contribution >= 4 is 28.2 Å². The molecule has 1 unspecified atom stereocenters. The van der Waals surface area contributed by atoms with Gasteiger partial charge in [0.15, 0.2) is 5.76 Å². The highest BCUT2D eigenvalue weighted by Crippen LogP contribution is 2.44. The number of thiophene rings is 1. The Morgan fingerprint density at radius 3 is 2.66 bits per heavy atom. The van der Waals surface area contributed by atoms with Crippen molar-refractivity contribution in [1.29, 1.82) is 0 Å². The number of rotatable bonds is 3. The molecule has 29 heavy (non-hydrogen) atoms. The summed E-state index contributed by atoms with van der Waals surface area (Å²) in [6, 6.07) is 3.31. The predicted octanol–water partition coefficient (Wildman–Crippen LogP) is 4.22. The van der Waals surface area contributed by atoms with E-state index in [9.17, 15) is 9.59 Å². The number of ether oxygens (including phenoxy) is 1. The maximum Gasteiger partial charge on any atom is 0.291 e. The quantitative estimate of drug-likeness (QED) is 0.813. The third-order valence-electron chi connectivity index (χ3n) is 5.97. The van der Waals surface area contributed by atoms with Crippen LogP contribution in [0.15, 0.2) is 22.8 Å². The average molecular weight is 417 g/mol. The van der Waals surface area contributed by atoms with E-state index in [1.54, 1.807) is 23.5 Å². The van der Waals surface area contributed by atoms with Crippen molar-refractivity contribution in [2.75, 3.05) is 31.6 Å². The van der Waals surface area contributed by atoms with Crippen LogP contribution in [0.5, 0.6) is 0 Å². The van der Waals surface area contributed by atoms with E-state index in [1.807, 2.05) is 4.90 Å². The van der Waals surface area contributed by atoms with Crippen LogP contribution in [-0.2, 0) is 17.6 Å². The molecule has 2 aromatic heterocycles. The summed E-state index contributed by atoms with van der Waals surface area (Å²) in [6.07, 6.45) is 4.35. The zero-order valence-electron chi connectivity index (χ0n) is 17.2. The molecule has 1 aliphatic heterocycles.